The largest absolute Gasteiger partial charge is 0.0587 e. The third-order valence-electron chi connectivity index (χ3n) is 2.77. The average molecular weight is 159 g/mol. The Kier molecular flexibility index (Phi) is 2.16. The first-order chi connectivity index (χ1) is 5.86. The van der Waals surface area contributed by atoms with Gasteiger partial charge in [0.15, 0.2) is 0 Å². The lowest BCUT2D eigenvalue weighted by molar-refractivity contribution is 0.721. The summed E-state index contributed by atoms with van der Waals surface area (Å²) in [5, 5.41) is 0. The van der Waals surface area contributed by atoms with Crippen molar-refractivity contribution >= 4 is 0 Å². The summed E-state index contributed by atoms with van der Waals surface area (Å²) in [6.45, 7) is 2.16. The fraction of sp³-hybridized carbons (Fsp3) is 0.500. The molecule has 0 atom stereocenters. The fourth-order valence-electron chi connectivity index (χ4n) is 2.08. The van der Waals surface area contributed by atoms with Crippen LogP contribution in [0.2, 0.25) is 0 Å². The Hall–Kier alpha value is -0.780. The standard InChI is InChI=1S/C12H15/c1-10-5-4-8-12(9-10)11-6-2-3-7-11/h4-5,9,11H,2-3,6-7H2,1H3. The maximum absolute atomic E-state index is 3.35. The summed E-state index contributed by atoms with van der Waals surface area (Å²) in [5.74, 6) is 0.810. The van der Waals surface area contributed by atoms with Gasteiger partial charge in [0.1, 0.15) is 0 Å². The van der Waals surface area contributed by atoms with Crippen LogP contribution in [-0.4, -0.2) is 0 Å². The Labute approximate surface area is 74.6 Å². The van der Waals surface area contributed by atoms with Gasteiger partial charge in [-0.05, 0) is 37.3 Å². The van der Waals surface area contributed by atoms with Crippen molar-refractivity contribution in [3.05, 3.63) is 35.4 Å². The molecule has 1 aliphatic rings. The van der Waals surface area contributed by atoms with Crippen LogP contribution in [0.3, 0.4) is 0 Å². The van der Waals surface area contributed by atoms with Gasteiger partial charge < -0.3 is 0 Å². The van der Waals surface area contributed by atoms with E-state index in [0.29, 0.717) is 0 Å². The van der Waals surface area contributed by atoms with Gasteiger partial charge in [0, 0.05) is 0 Å². The molecule has 0 heteroatoms. The third kappa shape index (κ3) is 1.52. The first-order valence-electron chi connectivity index (χ1n) is 4.84. The van der Waals surface area contributed by atoms with Gasteiger partial charge in [0.2, 0.25) is 0 Å². The Morgan fingerprint density at radius 3 is 2.75 bits per heavy atom. The first-order valence-corrected chi connectivity index (χ1v) is 4.84. The van der Waals surface area contributed by atoms with Crippen LogP contribution in [0.4, 0.5) is 0 Å². The number of benzene rings is 1. The van der Waals surface area contributed by atoms with Crippen molar-refractivity contribution in [3.63, 3.8) is 0 Å². The van der Waals surface area contributed by atoms with Crippen molar-refractivity contribution in [3.8, 4) is 0 Å². The normalized spacial score (nSPS) is 18.4. The van der Waals surface area contributed by atoms with Crippen molar-refractivity contribution in [2.45, 2.75) is 38.5 Å². The number of hydrogen-bond acceptors (Lipinski definition) is 0. The van der Waals surface area contributed by atoms with Crippen molar-refractivity contribution in [2.24, 2.45) is 0 Å². The molecular weight excluding hydrogens is 144 g/mol. The molecule has 2 rings (SSSR count). The molecule has 63 valence electrons. The van der Waals surface area contributed by atoms with Gasteiger partial charge in [0.05, 0.1) is 0 Å². The SMILES string of the molecule is Cc1cc[c]c(C2CCCC2)c1. The fourth-order valence-corrected chi connectivity index (χ4v) is 2.08. The highest BCUT2D eigenvalue weighted by molar-refractivity contribution is 5.24. The highest BCUT2D eigenvalue weighted by atomic mass is 14.2. The molecule has 0 spiro atoms. The van der Waals surface area contributed by atoms with E-state index in [2.05, 4.69) is 31.2 Å². The lowest BCUT2D eigenvalue weighted by atomic mass is 9.96. The van der Waals surface area contributed by atoms with E-state index < -0.39 is 0 Å². The zero-order chi connectivity index (χ0) is 8.39. The predicted octanol–water partition coefficient (Wildman–Crippen LogP) is 3.45. The Bertz CT molecular complexity index is 256. The molecule has 1 aromatic rings. The molecule has 0 nitrogen and oxygen atoms in total. The van der Waals surface area contributed by atoms with E-state index in [-0.39, 0.29) is 0 Å². The monoisotopic (exact) mass is 159 g/mol. The van der Waals surface area contributed by atoms with Gasteiger partial charge in [-0.2, -0.15) is 0 Å². The van der Waals surface area contributed by atoms with Gasteiger partial charge in [-0.1, -0.05) is 36.6 Å². The van der Waals surface area contributed by atoms with E-state index in [1.165, 1.54) is 36.8 Å². The van der Waals surface area contributed by atoms with Crippen LogP contribution in [0.1, 0.15) is 42.7 Å². The van der Waals surface area contributed by atoms with Crippen LogP contribution in [0.25, 0.3) is 0 Å². The Balaban J connectivity index is 2.21. The van der Waals surface area contributed by atoms with Gasteiger partial charge in [0.25, 0.3) is 0 Å². The van der Waals surface area contributed by atoms with Crippen molar-refractivity contribution < 1.29 is 0 Å². The maximum Gasteiger partial charge on any atom is -0.0146 e. The number of hydrogen-bond donors (Lipinski definition) is 0. The minimum absolute atomic E-state index is 0.810. The Morgan fingerprint density at radius 1 is 1.33 bits per heavy atom. The molecule has 12 heavy (non-hydrogen) atoms. The smallest absolute Gasteiger partial charge is 0.0146 e. The van der Waals surface area contributed by atoms with Crippen LogP contribution in [0.5, 0.6) is 0 Å². The van der Waals surface area contributed by atoms with E-state index in [1.54, 1.807) is 0 Å². The summed E-state index contributed by atoms with van der Waals surface area (Å²) in [5.41, 5.74) is 2.81. The molecule has 1 aliphatic carbocycles. The zero-order valence-electron chi connectivity index (χ0n) is 7.64. The molecule has 0 N–H and O–H groups in total. The molecule has 1 fully saturated rings. The van der Waals surface area contributed by atoms with Crippen LogP contribution < -0.4 is 0 Å². The summed E-state index contributed by atoms with van der Waals surface area (Å²) in [6, 6.07) is 9.82. The molecule has 0 aromatic heterocycles. The molecule has 0 heterocycles. The van der Waals surface area contributed by atoms with E-state index >= 15 is 0 Å². The molecule has 0 aliphatic heterocycles. The molecular formula is C12H15. The summed E-state index contributed by atoms with van der Waals surface area (Å²) in [7, 11) is 0. The predicted molar refractivity (Wildman–Crippen MR) is 51.2 cm³/mol. The maximum atomic E-state index is 3.35. The lowest BCUT2D eigenvalue weighted by Crippen LogP contribution is -1.92. The molecule has 0 bridgehead atoms. The van der Waals surface area contributed by atoms with E-state index in [1.807, 2.05) is 0 Å². The van der Waals surface area contributed by atoms with Gasteiger partial charge in [-0.25, -0.2) is 0 Å². The van der Waals surface area contributed by atoms with Crippen molar-refractivity contribution in [1.29, 1.82) is 0 Å². The quantitative estimate of drug-likeness (QED) is 0.588. The number of rotatable bonds is 1. The van der Waals surface area contributed by atoms with Gasteiger partial charge in [-0.15, -0.1) is 0 Å². The van der Waals surface area contributed by atoms with Crippen LogP contribution >= 0.6 is 0 Å². The third-order valence-corrected chi connectivity index (χ3v) is 2.77. The summed E-state index contributed by atoms with van der Waals surface area (Å²) in [6.07, 6.45) is 5.57. The molecule has 1 radical (unpaired) electrons. The van der Waals surface area contributed by atoms with Crippen molar-refractivity contribution in [2.75, 3.05) is 0 Å². The highest BCUT2D eigenvalue weighted by Gasteiger charge is 2.16. The summed E-state index contributed by atoms with van der Waals surface area (Å²) >= 11 is 0. The molecule has 0 amide bonds. The van der Waals surface area contributed by atoms with Gasteiger partial charge >= 0.3 is 0 Å². The molecule has 0 unspecified atom stereocenters. The summed E-state index contributed by atoms with van der Waals surface area (Å²) in [4.78, 5) is 0. The molecule has 1 aromatic carbocycles. The lowest BCUT2D eigenvalue weighted by Gasteiger charge is -2.08. The minimum atomic E-state index is 0.810. The topological polar surface area (TPSA) is 0 Å². The average Bonchev–Trinajstić information content (AvgIpc) is 2.56. The molecule has 0 saturated heterocycles. The van der Waals surface area contributed by atoms with E-state index in [9.17, 15) is 0 Å². The van der Waals surface area contributed by atoms with E-state index in [4.69, 9.17) is 0 Å². The van der Waals surface area contributed by atoms with E-state index in [0.717, 1.165) is 5.92 Å². The van der Waals surface area contributed by atoms with Crippen LogP contribution in [0.15, 0.2) is 18.2 Å². The second-order valence-corrected chi connectivity index (χ2v) is 3.80. The second kappa shape index (κ2) is 3.30. The van der Waals surface area contributed by atoms with Crippen molar-refractivity contribution in [1.82, 2.24) is 0 Å². The highest BCUT2D eigenvalue weighted by Crippen LogP contribution is 2.33. The van der Waals surface area contributed by atoms with Crippen LogP contribution in [0, 0.1) is 13.0 Å². The zero-order valence-corrected chi connectivity index (χ0v) is 7.64. The molecule has 1 saturated carbocycles. The van der Waals surface area contributed by atoms with Crippen LogP contribution in [-0.2, 0) is 0 Å². The minimum Gasteiger partial charge on any atom is -0.0587 e. The second-order valence-electron chi connectivity index (χ2n) is 3.80. The first kappa shape index (κ1) is 7.85. The summed E-state index contributed by atoms with van der Waals surface area (Å²) < 4.78 is 0. The Morgan fingerprint density at radius 2 is 2.08 bits per heavy atom. The number of aryl methyl sites for hydroxylation is 1. The van der Waals surface area contributed by atoms with Gasteiger partial charge in [-0.3, -0.25) is 0 Å².